The molecule has 0 heterocycles. The van der Waals surface area contributed by atoms with Gasteiger partial charge in [-0.05, 0) is 96.9 Å². The lowest BCUT2D eigenvalue weighted by Gasteiger charge is -2.38. The summed E-state index contributed by atoms with van der Waals surface area (Å²) in [5, 5.41) is 2.41. The molecule has 10 aromatic carbocycles. The summed E-state index contributed by atoms with van der Waals surface area (Å²) >= 11 is 0. The molecule has 1 heteroatoms. The molecule has 0 aliphatic heterocycles. The zero-order valence-electron chi connectivity index (χ0n) is 33.1. The number of hydrogen-bond donors (Lipinski definition) is 0. The molecule has 1 atom stereocenters. The molecular weight excluding hydrogens is 723 g/mol. The van der Waals surface area contributed by atoms with Crippen LogP contribution in [0.1, 0.15) is 22.3 Å². The second kappa shape index (κ2) is 14.9. The molecule has 0 aromatic heterocycles. The SMILES string of the molecule is c1ccc(-c2ccc(N(c3cccc4c3C(c3ccccc3)(c3cccc(-c5ccccc5)c3)c3ccccc3-4)c3ccc(-c4ccccc4)c4ccccc34)cc2)cc1. The molecule has 1 unspecified atom stereocenters. The van der Waals surface area contributed by atoms with Crippen molar-refractivity contribution in [3.8, 4) is 44.5 Å². The number of anilines is 3. The monoisotopic (exact) mass is 763 g/mol. The molecule has 11 rings (SSSR count). The van der Waals surface area contributed by atoms with E-state index in [1.54, 1.807) is 0 Å². The fraction of sp³-hybridized carbons (Fsp3) is 0.0169. The number of rotatable bonds is 8. The molecule has 10 aromatic rings. The average molecular weight is 764 g/mol. The highest BCUT2D eigenvalue weighted by Crippen LogP contribution is 2.60. The number of hydrogen-bond acceptors (Lipinski definition) is 1. The van der Waals surface area contributed by atoms with Crippen molar-refractivity contribution in [3.05, 3.63) is 271 Å². The predicted molar refractivity (Wildman–Crippen MR) is 252 cm³/mol. The van der Waals surface area contributed by atoms with Crippen molar-refractivity contribution < 1.29 is 0 Å². The molecule has 0 spiro atoms. The minimum atomic E-state index is -0.642. The fourth-order valence-corrected chi connectivity index (χ4v) is 9.73. The molecule has 0 N–H and O–H groups in total. The van der Waals surface area contributed by atoms with Crippen LogP contribution in [0.15, 0.2) is 249 Å². The third-order valence-corrected chi connectivity index (χ3v) is 12.3. The first-order valence-electron chi connectivity index (χ1n) is 20.8. The summed E-state index contributed by atoms with van der Waals surface area (Å²) in [5.41, 5.74) is 17.4. The number of benzene rings is 10. The maximum atomic E-state index is 2.52. The van der Waals surface area contributed by atoms with Gasteiger partial charge in [-0.15, -0.1) is 0 Å². The van der Waals surface area contributed by atoms with Crippen molar-refractivity contribution in [1.82, 2.24) is 0 Å². The Morgan fingerprint density at radius 2 is 0.800 bits per heavy atom. The minimum Gasteiger partial charge on any atom is -0.310 e. The lowest BCUT2D eigenvalue weighted by atomic mass is 9.66. The van der Waals surface area contributed by atoms with Crippen molar-refractivity contribution in [2.24, 2.45) is 0 Å². The molecule has 60 heavy (non-hydrogen) atoms. The highest BCUT2D eigenvalue weighted by atomic mass is 15.1. The van der Waals surface area contributed by atoms with Crippen LogP contribution in [0.2, 0.25) is 0 Å². The van der Waals surface area contributed by atoms with Crippen molar-refractivity contribution >= 4 is 27.8 Å². The Hall–Kier alpha value is -7.74. The fourth-order valence-electron chi connectivity index (χ4n) is 9.73. The molecule has 0 bridgehead atoms. The summed E-state index contributed by atoms with van der Waals surface area (Å²) in [4.78, 5) is 2.52. The zero-order chi connectivity index (χ0) is 39.9. The maximum absolute atomic E-state index is 2.52. The van der Waals surface area contributed by atoms with Gasteiger partial charge in [-0.2, -0.15) is 0 Å². The van der Waals surface area contributed by atoms with Gasteiger partial charge in [0.25, 0.3) is 0 Å². The second-order valence-corrected chi connectivity index (χ2v) is 15.6. The first-order valence-corrected chi connectivity index (χ1v) is 20.8. The average Bonchev–Trinajstić information content (AvgIpc) is 3.65. The van der Waals surface area contributed by atoms with Gasteiger partial charge in [0.05, 0.1) is 16.8 Å². The van der Waals surface area contributed by atoms with E-state index in [0.717, 1.165) is 17.1 Å². The lowest BCUT2D eigenvalue weighted by Crippen LogP contribution is -2.30. The van der Waals surface area contributed by atoms with E-state index in [2.05, 4.69) is 254 Å². The van der Waals surface area contributed by atoms with Gasteiger partial charge in [0.15, 0.2) is 0 Å². The van der Waals surface area contributed by atoms with Crippen LogP contribution in [0.5, 0.6) is 0 Å². The van der Waals surface area contributed by atoms with E-state index < -0.39 is 5.41 Å². The predicted octanol–water partition coefficient (Wildman–Crippen LogP) is 15.7. The standard InChI is InChI=1S/C59H41N/c1-5-19-42(20-6-1)44-35-37-49(38-36-44)60(56-40-39-50(45-23-9-3-10-24-45)51-29-13-14-31-53(51)56)57-34-18-32-54-52-30-15-16-33-55(52)59(58(54)57,47-26-11-4-12-27-47)48-28-17-25-46(41-48)43-21-7-2-8-22-43/h1-41H. The molecule has 0 radical (unpaired) electrons. The van der Waals surface area contributed by atoms with Gasteiger partial charge in [-0.3, -0.25) is 0 Å². The summed E-state index contributed by atoms with van der Waals surface area (Å²) in [7, 11) is 0. The van der Waals surface area contributed by atoms with Gasteiger partial charge in [0, 0.05) is 16.6 Å². The van der Waals surface area contributed by atoms with E-state index in [9.17, 15) is 0 Å². The first-order chi connectivity index (χ1) is 29.8. The van der Waals surface area contributed by atoms with Gasteiger partial charge in [-0.1, -0.05) is 218 Å². The van der Waals surface area contributed by atoms with Crippen molar-refractivity contribution in [2.75, 3.05) is 4.90 Å². The summed E-state index contributed by atoms with van der Waals surface area (Å²) in [5.74, 6) is 0. The molecule has 282 valence electrons. The Kier molecular flexibility index (Phi) is 8.79. The molecule has 0 saturated heterocycles. The second-order valence-electron chi connectivity index (χ2n) is 15.6. The van der Waals surface area contributed by atoms with Gasteiger partial charge in [-0.25, -0.2) is 0 Å². The Morgan fingerprint density at radius 3 is 1.52 bits per heavy atom. The molecule has 1 aliphatic rings. The van der Waals surface area contributed by atoms with Gasteiger partial charge < -0.3 is 4.90 Å². The Morgan fingerprint density at radius 1 is 0.283 bits per heavy atom. The van der Waals surface area contributed by atoms with Crippen LogP contribution < -0.4 is 4.90 Å². The number of nitrogens with zero attached hydrogens (tertiary/aromatic N) is 1. The largest absolute Gasteiger partial charge is 0.310 e. The van der Waals surface area contributed by atoms with Crippen LogP contribution in [0, 0.1) is 0 Å². The third kappa shape index (κ3) is 5.78. The smallest absolute Gasteiger partial charge is 0.0734 e. The maximum Gasteiger partial charge on any atom is 0.0734 e. The van der Waals surface area contributed by atoms with Crippen molar-refractivity contribution in [2.45, 2.75) is 5.41 Å². The Bertz CT molecular complexity index is 3120. The normalized spacial score (nSPS) is 14.1. The summed E-state index contributed by atoms with van der Waals surface area (Å²) in [6, 6.07) is 91.2. The van der Waals surface area contributed by atoms with Gasteiger partial charge in [0.2, 0.25) is 0 Å². The van der Waals surface area contributed by atoms with Crippen LogP contribution in [0.25, 0.3) is 55.3 Å². The summed E-state index contributed by atoms with van der Waals surface area (Å²) in [6.45, 7) is 0. The summed E-state index contributed by atoms with van der Waals surface area (Å²) in [6.07, 6.45) is 0. The molecular formula is C59H41N. The Balaban J connectivity index is 1.23. The van der Waals surface area contributed by atoms with E-state index >= 15 is 0 Å². The van der Waals surface area contributed by atoms with Crippen LogP contribution in [0.4, 0.5) is 17.1 Å². The van der Waals surface area contributed by atoms with Crippen LogP contribution >= 0.6 is 0 Å². The van der Waals surface area contributed by atoms with E-state index in [1.165, 1.54) is 77.5 Å². The van der Waals surface area contributed by atoms with Gasteiger partial charge in [0.1, 0.15) is 0 Å². The van der Waals surface area contributed by atoms with E-state index in [-0.39, 0.29) is 0 Å². The lowest BCUT2D eigenvalue weighted by molar-refractivity contribution is 0.768. The van der Waals surface area contributed by atoms with Crippen LogP contribution in [0.3, 0.4) is 0 Å². The first kappa shape index (κ1) is 35.4. The number of fused-ring (bicyclic) bond motifs is 4. The minimum absolute atomic E-state index is 0.642. The highest BCUT2D eigenvalue weighted by molar-refractivity contribution is 6.07. The molecule has 1 nitrogen and oxygen atoms in total. The quantitative estimate of drug-likeness (QED) is 0.149. The van der Waals surface area contributed by atoms with Crippen LogP contribution in [-0.4, -0.2) is 0 Å². The van der Waals surface area contributed by atoms with Crippen molar-refractivity contribution in [3.63, 3.8) is 0 Å². The summed E-state index contributed by atoms with van der Waals surface area (Å²) < 4.78 is 0. The topological polar surface area (TPSA) is 3.24 Å². The molecule has 0 fully saturated rings. The molecule has 1 aliphatic carbocycles. The van der Waals surface area contributed by atoms with Gasteiger partial charge >= 0.3 is 0 Å². The molecule has 0 saturated carbocycles. The van der Waals surface area contributed by atoms with E-state index in [4.69, 9.17) is 0 Å². The van der Waals surface area contributed by atoms with E-state index in [1.807, 2.05) is 0 Å². The Labute approximate surface area is 352 Å². The molecule has 0 amide bonds. The van der Waals surface area contributed by atoms with Crippen molar-refractivity contribution in [1.29, 1.82) is 0 Å². The van der Waals surface area contributed by atoms with E-state index in [0.29, 0.717) is 0 Å². The zero-order valence-corrected chi connectivity index (χ0v) is 33.1. The third-order valence-electron chi connectivity index (χ3n) is 12.3. The van der Waals surface area contributed by atoms with Crippen LogP contribution in [-0.2, 0) is 5.41 Å². The highest BCUT2D eigenvalue weighted by Gasteiger charge is 2.48.